The molecule has 0 aliphatic carbocycles. The molecule has 0 spiro atoms. The third kappa shape index (κ3) is 7.82. The molecular weight excluding hydrogens is 138 g/mol. The van der Waals surface area contributed by atoms with Crippen molar-refractivity contribution in [3.8, 4) is 0 Å². The van der Waals surface area contributed by atoms with Gasteiger partial charge in [0.05, 0.1) is 6.61 Å². The first kappa shape index (κ1) is 13.5. The lowest BCUT2D eigenvalue weighted by atomic mass is 10.4. The minimum absolute atomic E-state index is 0. The molecule has 0 aliphatic heterocycles. The Morgan fingerprint density at radius 2 is 1.82 bits per heavy atom. The van der Waals surface area contributed by atoms with Crippen molar-refractivity contribution in [1.29, 1.82) is 0 Å². The van der Waals surface area contributed by atoms with Crippen molar-refractivity contribution in [2.24, 2.45) is 0 Å². The van der Waals surface area contributed by atoms with Gasteiger partial charge >= 0.3 is 0 Å². The average Bonchev–Trinajstić information content (AvgIpc) is 1.98. The number of hydrogen-bond donors (Lipinski definition) is 0. The molecule has 0 fully saturated rings. The fourth-order valence-corrected chi connectivity index (χ4v) is 0.965. The lowest BCUT2D eigenvalue weighted by molar-refractivity contribution is 0.151. The number of ether oxygens (including phenoxy) is 1. The van der Waals surface area contributed by atoms with Crippen LogP contribution >= 0.6 is 0 Å². The van der Waals surface area contributed by atoms with Crippen molar-refractivity contribution in [2.45, 2.75) is 27.7 Å². The van der Waals surface area contributed by atoms with E-state index in [1.165, 1.54) is 13.0 Å². The number of methoxy groups -OCH3 is 1. The first-order valence-corrected chi connectivity index (χ1v) is 4.06. The summed E-state index contributed by atoms with van der Waals surface area (Å²) in [6, 6.07) is 0. The molecule has 0 aromatic heterocycles. The molecule has 0 saturated carbocycles. The molecule has 0 atom stereocenters. The predicted molar refractivity (Wildman–Crippen MR) is 51.0 cm³/mol. The Kier molecular flexibility index (Phi) is 12.2. The number of rotatable bonds is 6. The smallest absolute Gasteiger partial charge is 0.0589 e. The minimum atomic E-state index is 0. The summed E-state index contributed by atoms with van der Waals surface area (Å²) < 4.78 is 4.98. The maximum absolute atomic E-state index is 4.98. The highest BCUT2D eigenvalue weighted by Crippen LogP contribution is 1.89. The van der Waals surface area contributed by atoms with Gasteiger partial charge < -0.3 is 9.64 Å². The Morgan fingerprint density at radius 1 is 1.18 bits per heavy atom. The fraction of sp³-hybridized carbons (Fsp3) is 1.00. The summed E-state index contributed by atoms with van der Waals surface area (Å²) in [5, 5.41) is 0. The SMILES string of the molecule is C.CCCN(CC)CCOC. The highest BCUT2D eigenvalue weighted by atomic mass is 16.5. The van der Waals surface area contributed by atoms with E-state index in [9.17, 15) is 0 Å². The number of hydrogen-bond acceptors (Lipinski definition) is 2. The first-order chi connectivity index (χ1) is 4.85. The Morgan fingerprint density at radius 3 is 2.18 bits per heavy atom. The Labute approximate surface area is 71.5 Å². The largest absolute Gasteiger partial charge is 0.383 e. The van der Waals surface area contributed by atoms with Crippen LogP contribution in [0.2, 0.25) is 0 Å². The third-order valence-electron chi connectivity index (χ3n) is 1.60. The zero-order valence-corrected chi connectivity index (χ0v) is 7.39. The molecule has 0 radical (unpaired) electrons. The third-order valence-corrected chi connectivity index (χ3v) is 1.60. The molecule has 0 rings (SSSR count). The van der Waals surface area contributed by atoms with Crippen LogP contribution in [0.1, 0.15) is 27.7 Å². The monoisotopic (exact) mass is 161 g/mol. The molecule has 0 aromatic rings. The van der Waals surface area contributed by atoms with Gasteiger partial charge in [0.25, 0.3) is 0 Å². The highest BCUT2D eigenvalue weighted by molar-refractivity contribution is 4.51. The summed E-state index contributed by atoms with van der Waals surface area (Å²) in [7, 11) is 1.75. The Balaban J connectivity index is 0. The molecule has 0 aliphatic rings. The minimum Gasteiger partial charge on any atom is -0.383 e. The normalized spacial score (nSPS) is 9.82. The van der Waals surface area contributed by atoms with Crippen molar-refractivity contribution in [3.05, 3.63) is 0 Å². The zero-order valence-electron chi connectivity index (χ0n) is 7.39. The molecule has 0 amide bonds. The second-order valence-corrected chi connectivity index (χ2v) is 2.43. The van der Waals surface area contributed by atoms with E-state index in [1.807, 2.05) is 0 Å². The summed E-state index contributed by atoms with van der Waals surface area (Å²) in [5.41, 5.74) is 0. The summed E-state index contributed by atoms with van der Waals surface area (Å²) in [4.78, 5) is 2.39. The lowest BCUT2D eigenvalue weighted by Gasteiger charge is -2.18. The van der Waals surface area contributed by atoms with E-state index in [2.05, 4.69) is 18.7 Å². The quantitative estimate of drug-likeness (QED) is 0.591. The van der Waals surface area contributed by atoms with Crippen molar-refractivity contribution in [3.63, 3.8) is 0 Å². The van der Waals surface area contributed by atoms with Crippen LogP contribution in [0, 0.1) is 0 Å². The van der Waals surface area contributed by atoms with Gasteiger partial charge in [-0.3, -0.25) is 0 Å². The van der Waals surface area contributed by atoms with Crippen LogP contribution < -0.4 is 0 Å². The van der Waals surface area contributed by atoms with Gasteiger partial charge in [-0.15, -0.1) is 0 Å². The van der Waals surface area contributed by atoms with Crippen LogP contribution in [0.25, 0.3) is 0 Å². The van der Waals surface area contributed by atoms with E-state index >= 15 is 0 Å². The summed E-state index contributed by atoms with van der Waals surface area (Å²) in [5.74, 6) is 0. The van der Waals surface area contributed by atoms with Crippen LogP contribution in [0.5, 0.6) is 0 Å². The maximum Gasteiger partial charge on any atom is 0.0589 e. The van der Waals surface area contributed by atoms with Gasteiger partial charge in [0, 0.05) is 13.7 Å². The Hall–Kier alpha value is -0.0800. The molecule has 0 aromatic carbocycles. The second kappa shape index (κ2) is 9.92. The van der Waals surface area contributed by atoms with Crippen LogP contribution in [0.4, 0.5) is 0 Å². The van der Waals surface area contributed by atoms with E-state index in [0.717, 1.165) is 19.7 Å². The van der Waals surface area contributed by atoms with Crippen LogP contribution in [0.3, 0.4) is 0 Å². The van der Waals surface area contributed by atoms with Gasteiger partial charge in [0.1, 0.15) is 0 Å². The van der Waals surface area contributed by atoms with Crippen molar-refractivity contribution in [2.75, 3.05) is 33.4 Å². The van der Waals surface area contributed by atoms with Crippen LogP contribution in [-0.2, 0) is 4.74 Å². The molecule has 70 valence electrons. The topological polar surface area (TPSA) is 12.5 Å². The van der Waals surface area contributed by atoms with Crippen molar-refractivity contribution < 1.29 is 4.74 Å². The van der Waals surface area contributed by atoms with Gasteiger partial charge in [-0.1, -0.05) is 21.3 Å². The van der Waals surface area contributed by atoms with Gasteiger partial charge in [0.2, 0.25) is 0 Å². The van der Waals surface area contributed by atoms with Gasteiger partial charge in [-0.2, -0.15) is 0 Å². The van der Waals surface area contributed by atoms with Crippen molar-refractivity contribution >= 4 is 0 Å². The van der Waals surface area contributed by atoms with E-state index in [0.29, 0.717) is 0 Å². The van der Waals surface area contributed by atoms with Gasteiger partial charge in [-0.05, 0) is 19.5 Å². The Bertz CT molecular complexity index is 66.6. The first-order valence-electron chi connectivity index (χ1n) is 4.06. The molecule has 0 N–H and O–H groups in total. The number of likely N-dealkylation sites (N-methyl/N-ethyl adjacent to an activating group) is 1. The summed E-state index contributed by atoms with van der Waals surface area (Å²) in [6.45, 7) is 8.65. The highest BCUT2D eigenvalue weighted by Gasteiger charge is 1.97. The second-order valence-electron chi connectivity index (χ2n) is 2.43. The van der Waals surface area contributed by atoms with E-state index in [-0.39, 0.29) is 7.43 Å². The van der Waals surface area contributed by atoms with E-state index in [1.54, 1.807) is 7.11 Å². The van der Waals surface area contributed by atoms with Crippen LogP contribution in [-0.4, -0.2) is 38.3 Å². The summed E-state index contributed by atoms with van der Waals surface area (Å²) >= 11 is 0. The summed E-state index contributed by atoms with van der Waals surface area (Å²) in [6.07, 6.45) is 1.23. The molecule has 0 unspecified atom stereocenters. The lowest BCUT2D eigenvalue weighted by Crippen LogP contribution is -2.27. The predicted octanol–water partition coefficient (Wildman–Crippen LogP) is 2.00. The van der Waals surface area contributed by atoms with E-state index < -0.39 is 0 Å². The maximum atomic E-state index is 4.98. The molecular formula is C9H23NO. The fourth-order valence-electron chi connectivity index (χ4n) is 0.965. The standard InChI is InChI=1S/C8H19NO.CH4/c1-4-6-9(5-2)7-8-10-3;/h4-8H2,1-3H3;1H4. The van der Waals surface area contributed by atoms with Crippen LogP contribution in [0.15, 0.2) is 0 Å². The molecule has 0 heterocycles. The van der Waals surface area contributed by atoms with Gasteiger partial charge in [-0.25, -0.2) is 0 Å². The zero-order chi connectivity index (χ0) is 7.82. The molecule has 2 nitrogen and oxygen atoms in total. The molecule has 0 saturated heterocycles. The van der Waals surface area contributed by atoms with Crippen molar-refractivity contribution in [1.82, 2.24) is 4.90 Å². The van der Waals surface area contributed by atoms with E-state index in [4.69, 9.17) is 4.74 Å². The molecule has 11 heavy (non-hydrogen) atoms. The van der Waals surface area contributed by atoms with Gasteiger partial charge in [0.15, 0.2) is 0 Å². The molecule has 0 bridgehead atoms. The molecule has 2 heteroatoms. The average molecular weight is 161 g/mol. The number of nitrogens with zero attached hydrogens (tertiary/aromatic N) is 1.